The van der Waals surface area contributed by atoms with E-state index in [2.05, 4.69) is 0 Å². The highest BCUT2D eigenvalue weighted by Crippen LogP contribution is 2.42. The van der Waals surface area contributed by atoms with E-state index in [1.807, 2.05) is 79.7 Å². The monoisotopic (exact) mass is 498 g/mol. The summed E-state index contributed by atoms with van der Waals surface area (Å²) in [6, 6.07) is 19.7. The maximum atomic E-state index is 13.4. The van der Waals surface area contributed by atoms with Crippen molar-refractivity contribution in [3.05, 3.63) is 94.6 Å². The molecule has 1 saturated heterocycles. The molecule has 0 saturated carbocycles. The van der Waals surface area contributed by atoms with Crippen molar-refractivity contribution in [1.82, 2.24) is 4.90 Å². The molecule has 7 heteroatoms. The number of aryl methyl sites for hydroxylation is 1. The Bertz CT molecular complexity index is 1380. The van der Waals surface area contributed by atoms with Gasteiger partial charge in [-0.25, -0.2) is 0 Å². The SMILES string of the molecule is COc1ccccc1CN1C(=O)C(=O)/C(=C(\O)c2ccc3c(c2)CCCO3)C1c1ccc(N(C)C)cc1. The zero-order valence-corrected chi connectivity index (χ0v) is 21.2. The molecular formula is C30H30N2O5. The van der Waals surface area contributed by atoms with Crippen LogP contribution in [-0.2, 0) is 22.6 Å². The Morgan fingerprint density at radius 1 is 1.08 bits per heavy atom. The third kappa shape index (κ3) is 4.53. The topological polar surface area (TPSA) is 79.3 Å². The Labute approximate surface area is 216 Å². The van der Waals surface area contributed by atoms with Crippen molar-refractivity contribution in [3.8, 4) is 11.5 Å². The smallest absolute Gasteiger partial charge is 0.295 e. The van der Waals surface area contributed by atoms with Crippen molar-refractivity contribution in [1.29, 1.82) is 0 Å². The summed E-state index contributed by atoms with van der Waals surface area (Å²) in [7, 11) is 5.47. The highest BCUT2D eigenvalue weighted by molar-refractivity contribution is 6.46. The van der Waals surface area contributed by atoms with Gasteiger partial charge in [0, 0.05) is 30.9 Å². The van der Waals surface area contributed by atoms with Gasteiger partial charge < -0.3 is 24.4 Å². The summed E-state index contributed by atoms with van der Waals surface area (Å²) >= 11 is 0. The number of para-hydroxylation sites is 1. The van der Waals surface area contributed by atoms with Crippen molar-refractivity contribution in [2.75, 3.05) is 32.7 Å². The van der Waals surface area contributed by atoms with E-state index in [0.717, 1.165) is 41.0 Å². The van der Waals surface area contributed by atoms with Crippen LogP contribution in [0.5, 0.6) is 11.5 Å². The fourth-order valence-electron chi connectivity index (χ4n) is 5.02. The van der Waals surface area contributed by atoms with E-state index in [1.165, 1.54) is 4.90 Å². The second kappa shape index (κ2) is 10.0. The second-order valence-corrected chi connectivity index (χ2v) is 9.50. The number of fused-ring (bicyclic) bond motifs is 1. The molecule has 2 heterocycles. The minimum atomic E-state index is -0.756. The summed E-state index contributed by atoms with van der Waals surface area (Å²) in [6.45, 7) is 0.818. The zero-order chi connectivity index (χ0) is 26.1. The number of carbonyl (C=O) groups is 2. The van der Waals surface area contributed by atoms with Crippen molar-refractivity contribution >= 4 is 23.1 Å². The first-order valence-corrected chi connectivity index (χ1v) is 12.3. The molecule has 0 bridgehead atoms. The number of nitrogens with zero attached hydrogens (tertiary/aromatic N) is 2. The van der Waals surface area contributed by atoms with Crippen molar-refractivity contribution in [3.63, 3.8) is 0 Å². The summed E-state index contributed by atoms with van der Waals surface area (Å²) in [4.78, 5) is 30.3. The Balaban J connectivity index is 1.63. The standard InChI is InChI=1S/C30H30N2O5/c1-31(2)23-13-10-19(11-14-23)27-26(28(33)21-12-15-25-20(17-21)8-6-16-37-25)29(34)30(35)32(27)18-22-7-4-5-9-24(22)36-3/h4-5,7,9-15,17,27,33H,6,8,16,18H2,1-3H3/b28-26-. The largest absolute Gasteiger partial charge is 0.507 e. The van der Waals surface area contributed by atoms with Gasteiger partial charge in [0.15, 0.2) is 0 Å². The molecule has 0 aromatic heterocycles. The maximum Gasteiger partial charge on any atom is 0.295 e. The number of rotatable bonds is 6. The number of anilines is 1. The maximum absolute atomic E-state index is 13.4. The summed E-state index contributed by atoms with van der Waals surface area (Å²) in [5, 5.41) is 11.5. The Hall–Kier alpha value is -4.26. The van der Waals surface area contributed by atoms with E-state index >= 15 is 0 Å². The predicted molar refractivity (Wildman–Crippen MR) is 142 cm³/mol. The number of hydrogen-bond donors (Lipinski definition) is 1. The number of ketones is 1. The van der Waals surface area contributed by atoms with Gasteiger partial charge in [-0.15, -0.1) is 0 Å². The third-order valence-electron chi connectivity index (χ3n) is 6.98. The zero-order valence-electron chi connectivity index (χ0n) is 21.2. The minimum Gasteiger partial charge on any atom is -0.507 e. The number of aliphatic hydroxyl groups is 1. The van der Waals surface area contributed by atoms with Gasteiger partial charge >= 0.3 is 0 Å². The molecule has 1 amide bonds. The molecule has 1 unspecified atom stereocenters. The van der Waals surface area contributed by atoms with Crippen LogP contribution in [0.4, 0.5) is 5.69 Å². The highest BCUT2D eigenvalue weighted by atomic mass is 16.5. The van der Waals surface area contributed by atoms with Crippen LogP contribution in [0.15, 0.2) is 72.3 Å². The number of hydrogen-bond acceptors (Lipinski definition) is 6. The lowest BCUT2D eigenvalue weighted by atomic mass is 9.93. The summed E-state index contributed by atoms with van der Waals surface area (Å²) < 4.78 is 11.2. The number of aliphatic hydroxyl groups excluding tert-OH is 1. The van der Waals surface area contributed by atoms with Gasteiger partial charge in [-0.3, -0.25) is 9.59 Å². The van der Waals surface area contributed by atoms with Crippen LogP contribution in [0.1, 0.15) is 34.7 Å². The van der Waals surface area contributed by atoms with E-state index in [4.69, 9.17) is 9.47 Å². The average molecular weight is 499 g/mol. The Morgan fingerprint density at radius 3 is 2.57 bits per heavy atom. The molecule has 2 aliphatic heterocycles. The molecule has 1 atom stereocenters. The number of amides is 1. The lowest BCUT2D eigenvalue weighted by Crippen LogP contribution is -2.29. The molecule has 0 spiro atoms. The van der Waals surface area contributed by atoms with Crippen LogP contribution in [0.3, 0.4) is 0 Å². The van der Waals surface area contributed by atoms with Gasteiger partial charge in [-0.05, 0) is 60.4 Å². The lowest BCUT2D eigenvalue weighted by Gasteiger charge is -2.26. The molecule has 3 aromatic rings. The van der Waals surface area contributed by atoms with Crippen LogP contribution in [-0.4, -0.2) is 49.5 Å². The number of carbonyl (C=O) groups excluding carboxylic acids is 2. The van der Waals surface area contributed by atoms with Crippen molar-refractivity contribution in [2.24, 2.45) is 0 Å². The molecule has 7 nitrogen and oxygen atoms in total. The molecule has 2 aliphatic rings. The summed E-state index contributed by atoms with van der Waals surface area (Å²) in [5.41, 5.74) is 4.05. The van der Waals surface area contributed by atoms with Crippen LogP contribution in [0, 0.1) is 0 Å². The van der Waals surface area contributed by atoms with Gasteiger partial charge in [0.2, 0.25) is 0 Å². The van der Waals surface area contributed by atoms with E-state index in [1.54, 1.807) is 13.2 Å². The molecule has 0 aliphatic carbocycles. The molecule has 190 valence electrons. The highest BCUT2D eigenvalue weighted by Gasteiger charge is 2.46. The second-order valence-electron chi connectivity index (χ2n) is 9.50. The van der Waals surface area contributed by atoms with E-state index in [-0.39, 0.29) is 17.9 Å². The summed E-state index contributed by atoms with van der Waals surface area (Å²) in [5.74, 6) is -0.134. The van der Waals surface area contributed by atoms with Gasteiger partial charge in [0.1, 0.15) is 17.3 Å². The molecule has 5 rings (SSSR count). The fourth-order valence-corrected chi connectivity index (χ4v) is 5.02. The van der Waals surface area contributed by atoms with Gasteiger partial charge in [0.25, 0.3) is 11.7 Å². The van der Waals surface area contributed by atoms with Gasteiger partial charge in [-0.2, -0.15) is 0 Å². The summed E-state index contributed by atoms with van der Waals surface area (Å²) in [6.07, 6.45) is 1.72. The molecule has 0 radical (unpaired) electrons. The molecule has 1 N–H and O–H groups in total. The number of Topliss-reactive ketones (excluding diaryl/α,β-unsaturated/α-hetero) is 1. The molecule has 1 fully saturated rings. The first kappa shape index (κ1) is 24.4. The van der Waals surface area contributed by atoms with Crippen LogP contribution < -0.4 is 14.4 Å². The van der Waals surface area contributed by atoms with Gasteiger partial charge in [-0.1, -0.05) is 30.3 Å². The van der Waals surface area contributed by atoms with Crippen molar-refractivity contribution in [2.45, 2.75) is 25.4 Å². The molecule has 37 heavy (non-hydrogen) atoms. The van der Waals surface area contributed by atoms with Crippen LogP contribution >= 0.6 is 0 Å². The minimum absolute atomic E-state index is 0.0779. The Morgan fingerprint density at radius 2 is 1.84 bits per heavy atom. The van der Waals surface area contributed by atoms with E-state index in [0.29, 0.717) is 17.9 Å². The van der Waals surface area contributed by atoms with E-state index in [9.17, 15) is 14.7 Å². The van der Waals surface area contributed by atoms with Crippen LogP contribution in [0.2, 0.25) is 0 Å². The normalized spacial score (nSPS) is 18.4. The number of likely N-dealkylation sites (tertiary alicyclic amines) is 1. The number of ether oxygens (including phenoxy) is 2. The molecule has 3 aromatic carbocycles. The fraction of sp³-hybridized carbons (Fsp3) is 0.267. The van der Waals surface area contributed by atoms with Crippen LogP contribution in [0.25, 0.3) is 5.76 Å². The van der Waals surface area contributed by atoms with Crippen molar-refractivity contribution < 1.29 is 24.2 Å². The lowest BCUT2D eigenvalue weighted by molar-refractivity contribution is -0.140. The first-order chi connectivity index (χ1) is 17.9. The van der Waals surface area contributed by atoms with Gasteiger partial charge in [0.05, 0.1) is 31.9 Å². The van der Waals surface area contributed by atoms with E-state index < -0.39 is 17.7 Å². The third-order valence-corrected chi connectivity index (χ3v) is 6.98. The number of methoxy groups -OCH3 is 1. The number of benzene rings is 3. The molecular weight excluding hydrogens is 468 g/mol. The Kier molecular flexibility index (Phi) is 6.61. The predicted octanol–water partition coefficient (Wildman–Crippen LogP) is 4.71. The average Bonchev–Trinajstić information content (AvgIpc) is 3.17. The first-order valence-electron chi connectivity index (χ1n) is 12.3. The quantitative estimate of drug-likeness (QED) is 0.301.